The predicted molar refractivity (Wildman–Crippen MR) is 70.8 cm³/mol. The third-order valence-corrected chi connectivity index (χ3v) is 2.84. The van der Waals surface area contributed by atoms with Gasteiger partial charge < -0.3 is 9.47 Å². The fourth-order valence-corrected chi connectivity index (χ4v) is 1.58. The normalized spacial score (nSPS) is 11.4. The maximum Gasteiger partial charge on any atom is 0.387 e. The average molecular weight is 273 g/mol. The van der Waals surface area contributed by atoms with Crippen LogP contribution in [0.2, 0.25) is 0 Å². The molecule has 0 bridgehead atoms. The zero-order chi connectivity index (χ0) is 14.4. The van der Waals surface area contributed by atoms with Crippen LogP contribution in [0.3, 0.4) is 0 Å². The summed E-state index contributed by atoms with van der Waals surface area (Å²) in [4.78, 5) is 2.15. The van der Waals surface area contributed by atoms with Crippen molar-refractivity contribution in [2.45, 2.75) is 40.0 Å². The molecule has 0 aliphatic heterocycles. The van der Waals surface area contributed by atoms with Gasteiger partial charge in [0.25, 0.3) is 0 Å². The van der Waals surface area contributed by atoms with Crippen LogP contribution in [0, 0.1) is 0 Å². The molecule has 0 saturated heterocycles. The fourth-order valence-electron chi connectivity index (χ4n) is 1.58. The van der Waals surface area contributed by atoms with E-state index in [1.807, 2.05) is 7.05 Å². The summed E-state index contributed by atoms with van der Waals surface area (Å²) in [6.07, 6.45) is 0. The van der Waals surface area contributed by atoms with Crippen molar-refractivity contribution in [2.24, 2.45) is 0 Å². The molecule has 1 rings (SSSR count). The number of hydrogen-bond acceptors (Lipinski definition) is 3. The second-order valence-corrected chi connectivity index (χ2v) is 4.60. The van der Waals surface area contributed by atoms with Crippen molar-refractivity contribution in [3.63, 3.8) is 0 Å². The molecule has 0 amide bonds. The minimum Gasteiger partial charge on any atom is -0.490 e. The fraction of sp³-hybridized carbons (Fsp3) is 0.571. The number of rotatable bonds is 7. The second kappa shape index (κ2) is 7.28. The van der Waals surface area contributed by atoms with E-state index < -0.39 is 6.61 Å². The first kappa shape index (κ1) is 15.7. The van der Waals surface area contributed by atoms with E-state index in [9.17, 15) is 8.78 Å². The Morgan fingerprint density at radius 2 is 1.89 bits per heavy atom. The zero-order valence-corrected chi connectivity index (χ0v) is 11.8. The minimum absolute atomic E-state index is 0.0767. The highest BCUT2D eigenvalue weighted by Crippen LogP contribution is 2.30. The topological polar surface area (TPSA) is 21.7 Å². The summed E-state index contributed by atoms with van der Waals surface area (Å²) in [5, 5.41) is 0. The van der Waals surface area contributed by atoms with E-state index in [1.165, 1.54) is 6.07 Å². The SMILES string of the molecule is CCOc1cc(CN(C)C(C)C)ccc1OC(F)F. The largest absolute Gasteiger partial charge is 0.490 e. The Hall–Kier alpha value is -1.36. The van der Waals surface area contributed by atoms with Crippen molar-refractivity contribution in [1.82, 2.24) is 4.90 Å². The Labute approximate surface area is 113 Å². The molecule has 0 aliphatic carbocycles. The lowest BCUT2D eigenvalue weighted by atomic mass is 10.1. The molecule has 0 aliphatic rings. The molecule has 0 saturated carbocycles. The molecule has 19 heavy (non-hydrogen) atoms. The van der Waals surface area contributed by atoms with Crippen molar-refractivity contribution < 1.29 is 18.3 Å². The Morgan fingerprint density at radius 3 is 2.42 bits per heavy atom. The van der Waals surface area contributed by atoms with Crippen molar-refractivity contribution in [2.75, 3.05) is 13.7 Å². The second-order valence-electron chi connectivity index (χ2n) is 4.60. The maximum absolute atomic E-state index is 12.3. The first-order valence-electron chi connectivity index (χ1n) is 6.34. The van der Waals surface area contributed by atoms with E-state index >= 15 is 0 Å². The van der Waals surface area contributed by atoms with Gasteiger partial charge in [0, 0.05) is 12.6 Å². The lowest BCUT2D eigenvalue weighted by molar-refractivity contribution is -0.0514. The van der Waals surface area contributed by atoms with Crippen molar-refractivity contribution >= 4 is 0 Å². The number of alkyl halides is 2. The van der Waals surface area contributed by atoms with Gasteiger partial charge in [-0.15, -0.1) is 0 Å². The van der Waals surface area contributed by atoms with Crippen LogP contribution in [0.5, 0.6) is 11.5 Å². The highest BCUT2D eigenvalue weighted by Gasteiger charge is 2.12. The lowest BCUT2D eigenvalue weighted by Gasteiger charge is -2.21. The Kier molecular flexibility index (Phi) is 6.02. The van der Waals surface area contributed by atoms with Gasteiger partial charge in [-0.3, -0.25) is 4.90 Å². The number of halogens is 2. The van der Waals surface area contributed by atoms with Gasteiger partial charge in [-0.25, -0.2) is 0 Å². The molecule has 0 N–H and O–H groups in total. The first-order valence-corrected chi connectivity index (χ1v) is 6.34. The van der Waals surface area contributed by atoms with Crippen LogP contribution in [0.15, 0.2) is 18.2 Å². The predicted octanol–water partition coefficient (Wildman–Crippen LogP) is 3.53. The van der Waals surface area contributed by atoms with E-state index in [4.69, 9.17) is 4.74 Å². The van der Waals surface area contributed by atoms with Gasteiger partial charge >= 0.3 is 6.61 Å². The maximum atomic E-state index is 12.3. The van der Waals surface area contributed by atoms with Gasteiger partial charge in [0.15, 0.2) is 11.5 Å². The summed E-state index contributed by atoms with van der Waals surface area (Å²) in [6.45, 7) is 4.29. The molecular weight excluding hydrogens is 252 g/mol. The lowest BCUT2D eigenvalue weighted by Crippen LogP contribution is -2.25. The van der Waals surface area contributed by atoms with Crippen LogP contribution in [0.4, 0.5) is 8.78 Å². The van der Waals surface area contributed by atoms with Crippen molar-refractivity contribution in [1.29, 1.82) is 0 Å². The number of ether oxygens (including phenoxy) is 2. The van der Waals surface area contributed by atoms with Crippen LogP contribution >= 0.6 is 0 Å². The van der Waals surface area contributed by atoms with Gasteiger partial charge in [-0.2, -0.15) is 8.78 Å². The third-order valence-electron chi connectivity index (χ3n) is 2.84. The van der Waals surface area contributed by atoms with Crippen LogP contribution in [0.1, 0.15) is 26.3 Å². The summed E-state index contributed by atoms with van der Waals surface area (Å²) < 4.78 is 34.3. The first-order chi connectivity index (χ1) is 8.93. The highest BCUT2D eigenvalue weighted by atomic mass is 19.3. The molecule has 0 radical (unpaired) electrons. The minimum atomic E-state index is -2.84. The van der Waals surface area contributed by atoms with Gasteiger partial charge in [-0.05, 0) is 45.5 Å². The van der Waals surface area contributed by atoms with Gasteiger partial charge in [0.1, 0.15) is 0 Å². The summed E-state index contributed by atoms with van der Waals surface area (Å²) in [5.41, 5.74) is 1.00. The molecular formula is C14H21F2NO2. The Balaban J connectivity index is 2.88. The van der Waals surface area contributed by atoms with Gasteiger partial charge in [-0.1, -0.05) is 6.07 Å². The molecule has 1 aromatic carbocycles. The van der Waals surface area contributed by atoms with Crippen LogP contribution in [-0.4, -0.2) is 31.2 Å². The molecule has 0 unspecified atom stereocenters. The van der Waals surface area contributed by atoms with Crippen LogP contribution in [-0.2, 0) is 6.54 Å². The van der Waals surface area contributed by atoms with Crippen LogP contribution < -0.4 is 9.47 Å². The van der Waals surface area contributed by atoms with Gasteiger partial charge in [0.05, 0.1) is 6.61 Å². The van der Waals surface area contributed by atoms with Gasteiger partial charge in [0.2, 0.25) is 0 Å². The molecule has 0 fully saturated rings. The van der Waals surface area contributed by atoms with E-state index in [1.54, 1.807) is 19.1 Å². The molecule has 0 heterocycles. The number of nitrogens with zero attached hydrogens (tertiary/aromatic N) is 1. The van der Waals surface area contributed by atoms with E-state index in [2.05, 4.69) is 23.5 Å². The molecule has 0 aromatic heterocycles. The smallest absolute Gasteiger partial charge is 0.387 e. The van der Waals surface area contributed by atoms with E-state index in [0.29, 0.717) is 18.4 Å². The zero-order valence-electron chi connectivity index (χ0n) is 11.8. The molecule has 3 nitrogen and oxygen atoms in total. The molecule has 5 heteroatoms. The van der Waals surface area contributed by atoms with E-state index in [0.717, 1.165) is 12.1 Å². The average Bonchev–Trinajstić information content (AvgIpc) is 2.32. The third kappa shape index (κ3) is 5.03. The summed E-state index contributed by atoms with van der Waals surface area (Å²) in [5.74, 6) is 0.435. The summed E-state index contributed by atoms with van der Waals surface area (Å²) >= 11 is 0. The van der Waals surface area contributed by atoms with Crippen molar-refractivity contribution in [3.05, 3.63) is 23.8 Å². The highest BCUT2D eigenvalue weighted by molar-refractivity contribution is 5.43. The summed E-state index contributed by atoms with van der Waals surface area (Å²) in [7, 11) is 2.01. The Morgan fingerprint density at radius 1 is 1.21 bits per heavy atom. The number of benzene rings is 1. The molecule has 108 valence electrons. The molecule has 1 aromatic rings. The molecule has 0 atom stereocenters. The molecule has 0 spiro atoms. The number of hydrogen-bond donors (Lipinski definition) is 0. The van der Waals surface area contributed by atoms with Crippen LogP contribution in [0.25, 0.3) is 0 Å². The van der Waals surface area contributed by atoms with Crippen molar-refractivity contribution in [3.8, 4) is 11.5 Å². The Bertz CT molecular complexity index is 397. The van der Waals surface area contributed by atoms with E-state index in [-0.39, 0.29) is 5.75 Å². The quantitative estimate of drug-likeness (QED) is 0.758. The monoisotopic (exact) mass is 273 g/mol. The standard InChI is InChI=1S/C14H21F2NO2/c1-5-18-13-8-11(9-17(4)10(2)3)6-7-12(13)19-14(15)16/h6-8,10,14H,5,9H2,1-4H3. The summed E-state index contributed by atoms with van der Waals surface area (Å²) in [6, 6.07) is 5.47.